The van der Waals surface area contributed by atoms with Gasteiger partial charge in [0.2, 0.25) is 10.0 Å². The Hall–Kier alpha value is 0.01000. The Kier molecular flexibility index (Phi) is 5.84. The molecule has 0 saturated carbocycles. The molecule has 1 aromatic rings. The largest absolute Gasteiger partial charge is 0.379 e. The van der Waals surface area contributed by atoms with Crippen molar-refractivity contribution in [3.63, 3.8) is 0 Å². The summed E-state index contributed by atoms with van der Waals surface area (Å²) >= 11 is 4.82. The first-order valence-corrected chi connectivity index (χ1v) is 10.1. The highest BCUT2D eigenvalue weighted by atomic mass is 79.9. The van der Waals surface area contributed by atoms with Crippen LogP contribution in [-0.2, 0) is 21.3 Å². The second-order valence-corrected chi connectivity index (χ2v) is 9.60. The zero-order valence-corrected chi connectivity index (χ0v) is 15.5. The maximum absolute atomic E-state index is 12.5. The van der Waals surface area contributed by atoms with Crippen molar-refractivity contribution < 1.29 is 13.2 Å². The Morgan fingerprint density at radius 2 is 2.29 bits per heavy atom. The summed E-state index contributed by atoms with van der Waals surface area (Å²) in [6, 6.07) is 1.74. The summed E-state index contributed by atoms with van der Waals surface area (Å²) in [5, 5.41) is 3.28. The van der Waals surface area contributed by atoms with E-state index < -0.39 is 15.6 Å². The van der Waals surface area contributed by atoms with Gasteiger partial charge in [0.1, 0.15) is 4.90 Å². The van der Waals surface area contributed by atoms with Gasteiger partial charge in [-0.2, -0.15) is 0 Å². The third kappa shape index (κ3) is 4.49. The molecule has 2 rings (SSSR count). The van der Waals surface area contributed by atoms with Crippen molar-refractivity contribution in [2.45, 2.75) is 43.7 Å². The average Bonchev–Trinajstić information content (AvgIpc) is 2.96. The number of sulfonamides is 1. The minimum atomic E-state index is -3.54. The Morgan fingerprint density at radius 3 is 2.90 bits per heavy atom. The molecule has 1 unspecified atom stereocenters. The molecular weight excluding hydrogens is 376 g/mol. The molecule has 0 spiro atoms. The summed E-state index contributed by atoms with van der Waals surface area (Å²) in [7, 11) is -3.54. The lowest BCUT2D eigenvalue weighted by molar-refractivity contribution is 0.178. The van der Waals surface area contributed by atoms with Gasteiger partial charge in [0, 0.05) is 18.0 Å². The fourth-order valence-electron chi connectivity index (χ4n) is 2.18. The lowest BCUT2D eigenvalue weighted by atomic mass is 10.0. The smallest absolute Gasteiger partial charge is 0.243 e. The van der Waals surface area contributed by atoms with E-state index in [0.29, 0.717) is 34.9 Å². The number of halogens is 1. The molecule has 0 aliphatic carbocycles. The Morgan fingerprint density at radius 1 is 1.52 bits per heavy atom. The van der Waals surface area contributed by atoms with Crippen LogP contribution in [0.15, 0.2) is 14.7 Å². The predicted molar refractivity (Wildman–Crippen MR) is 88.2 cm³/mol. The molecule has 0 aromatic carbocycles. The van der Waals surface area contributed by atoms with E-state index in [1.807, 2.05) is 6.92 Å². The number of nitrogens with one attached hydrogen (secondary N) is 2. The van der Waals surface area contributed by atoms with E-state index in [2.05, 4.69) is 32.9 Å². The van der Waals surface area contributed by atoms with Crippen molar-refractivity contribution in [3.05, 3.63) is 14.7 Å². The van der Waals surface area contributed by atoms with Crippen molar-refractivity contribution >= 4 is 37.3 Å². The van der Waals surface area contributed by atoms with Crippen LogP contribution in [0.2, 0.25) is 0 Å². The van der Waals surface area contributed by atoms with Crippen LogP contribution >= 0.6 is 27.3 Å². The minimum Gasteiger partial charge on any atom is -0.379 e. The van der Waals surface area contributed by atoms with Crippen LogP contribution in [-0.4, -0.2) is 33.7 Å². The molecule has 5 nitrogen and oxygen atoms in total. The van der Waals surface area contributed by atoms with Crippen LogP contribution < -0.4 is 10.0 Å². The van der Waals surface area contributed by atoms with E-state index in [9.17, 15) is 8.42 Å². The number of hydrogen-bond acceptors (Lipinski definition) is 5. The van der Waals surface area contributed by atoms with Gasteiger partial charge in [0.15, 0.2) is 0 Å². The van der Waals surface area contributed by atoms with E-state index in [1.54, 1.807) is 6.07 Å². The topological polar surface area (TPSA) is 67.4 Å². The third-order valence-corrected chi connectivity index (χ3v) is 7.21. The van der Waals surface area contributed by atoms with Crippen LogP contribution in [0, 0.1) is 0 Å². The number of hydrogen-bond donors (Lipinski definition) is 2. The number of thiophene rings is 1. The zero-order valence-electron chi connectivity index (χ0n) is 12.2. The molecule has 1 fully saturated rings. The van der Waals surface area contributed by atoms with Gasteiger partial charge in [-0.05, 0) is 48.3 Å². The molecule has 1 aliphatic rings. The van der Waals surface area contributed by atoms with Crippen molar-refractivity contribution in [1.82, 2.24) is 10.0 Å². The molecule has 1 aromatic heterocycles. The van der Waals surface area contributed by atoms with Crippen LogP contribution in [0.1, 0.15) is 31.6 Å². The first kappa shape index (κ1) is 17.4. The molecule has 2 N–H and O–H groups in total. The van der Waals surface area contributed by atoms with Gasteiger partial charge in [-0.15, -0.1) is 11.3 Å². The molecule has 21 heavy (non-hydrogen) atoms. The predicted octanol–water partition coefficient (Wildman–Crippen LogP) is 2.47. The summed E-state index contributed by atoms with van der Waals surface area (Å²) < 4.78 is 33.8. The van der Waals surface area contributed by atoms with Crippen molar-refractivity contribution in [2.75, 3.05) is 19.8 Å². The molecule has 8 heteroatoms. The Labute approximate surface area is 138 Å². The lowest BCUT2D eigenvalue weighted by Crippen LogP contribution is -2.46. The second kappa shape index (κ2) is 7.06. The van der Waals surface area contributed by atoms with Gasteiger partial charge in [-0.1, -0.05) is 6.92 Å². The maximum Gasteiger partial charge on any atom is 0.243 e. The van der Waals surface area contributed by atoms with Gasteiger partial charge >= 0.3 is 0 Å². The Balaban J connectivity index is 2.12. The van der Waals surface area contributed by atoms with Crippen molar-refractivity contribution in [2.24, 2.45) is 0 Å². The van der Waals surface area contributed by atoms with Gasteiger partial charge in [0.25, 0.3) is 0 Å². The maximum atomic E-state index is 12.5. The molecule has 2 heterocycles. The van der Waals surface area contributed by atoms with E-state index in [-0.39, 0.29) is 0 Å². The molecule has 1 atom stereocenters. The van der Waals surface area contributed by atoms with E-state index in [4.69, 9.17) is 4.74 Å². The normalized spacial score (nSPS) is 22.8. The highest BCUT2D eigenvalue weighted by Crippen LogP contribution is 2.33. The monoisotopic (exact) mass is 396 g/mol. The summed E-state index contributed by atoms with van der Waals surface area (Å²) in [6.45, 7) is 6.59. The molecular formula is C13H21BrN2O3S2. The average molecular weight is 397 g/mol. The van der Waals surface area contributed by atoms with Crippen molar-refractivity contribution in [3.8, 4) is 0 Å². The molecule has 0 amide bonds. The SMILES string of the molecule is CCCNCc1cc(S(=O)(=O)NC2(C)CCOC2)c(Br)s1. The first-order valence-electron chi connectivity index (χ1n) is 6.97. The minimum absolute atomic E-state index is 0.314. The van der Waals surface area contributed by atoms with Gasteiger partial charge in [-0.25, -0.2) is 13.1 Å². The van der Waals surface area contributed by atoms with E-state index in [1.165, 1.54) is 11.3 Å². The number of rotatable bonds is 7. The van der Waals surface area contributed by atoms with Crippen molar-refractivity contribution in [1.29, 1.82) is 0 Å². The van der Waals surface area contributed by atoms with E-state index in [0.717, 1.165) is 17.8 Å². The fraction of sp³-hybridized carbons (Fsp3) is 0.692. The first-order chi connectivity index (χ1) is 9.86. The highest BCUT2D eigenvalue weighted by molar-refractivity contribution is 9.11. The van der Waals surface area contributed by atoms with Crippen LogP contribution in [0.5, 0.6) is 0 Å². The van der Waals surface area contributed by atoms with Gasteiger partial charge < -0.3 is 10.1 Å². The van der Waals surface area contributed by atoms with Crippen LogP contribution in [0.4, 0.5) is 0 Å². The molecule has 1 saturated heterocycles. The highest BCUT2D eigenvalue weighted by Gasteiger charge is 2.35. The second-order valence-electron chi connectivity index (χ2n) is 5.50. The van der Waals surface area contributed by atoms with Crippen LogP contribution in [0.25, 0.3) is 0 Å². The van der Waals surface area contributed by atoms with Crippen LogP contribution in [0.3, 0.4) is 0 Å². The number of ether oxygens (including phenoxy) is 1. The Bertz CT molecular complexity index is 580. The summed E-state index contributed by atoms with van der Waals surface area (Å²) in [5.74, 6) is 0. The lowest BCUT2D eigenvalue weighted by Gasteiger charge is -2.22. The van der Waals surface area contributed by atoms with Gasteiger partial charge in [0.05, 0.1) is 15.9 Å². The standard InChI is InChI=1S/C13H21BrN2O3S2/c1-3-5-15-8-10-7-11(12(14)20-10)21(17,18)16-13(2)4-6-19-9-13/h7,15-16H,3-6,8-9H2,1-2H3. The molecule has 1 aliphatic heterocycles. The zero-order chi connectivity index (χ0) is 15.5. The molecule has 0 radical (unpaired) electrons. The summed E-state index contributed by atoms with van der Waals surface area (Å²) in [6.07, 6.45) is 1.75. The molecule has 0 bridgehead atoms. The van der Waals surface area contributed by atoms with E-state index >= 15 is 0 Å². The summed E-state index contributed by atoms with van der Waals surface area (Å²) in [5.41, 5.74) is -0.513. The summed E-state index contributed by atoms with van der Waals surface area (Å²) in [4.78, 5) is 1.32. The quantitative estimate of drug-likeness (QED) is 0.694. The third-order valence-electron chi connectivity index (χ3n) is 3.32. The van der Waals surface area contributed by atoms with Gasteiger partial charge in [-0.3, -0.25) is 0 Å². The molecule has 120 valence electrons. The fourth-order valence-corrected chi connectivity index (χ4v) is 6.26.